The topological polar surface area (TPSA) is 66.6 Å². The number of carboxylic acids is 1. The summed E-state index contributed by atoms with van der Waals surface area (Å²) in [5.41, 5.74) is 0.757. The van der Waals surface area contributed by atoms with Crippen molar-refractivity contribution in [2.24, 2.45) is 0 Å². The molecule has 0 bridgehead atoms. The van der Waals surface area contributed by atoms with Gasteiger partial charge in [0.05, 0.1) is 18.1 Å². The highest BCUT2D eigenvalue weighted by Gasteiger charge is 2.10. The number of anilines is 1. The standard InChI is InChI=1S/C11H12N2O3/c1-13(6-3-10(14)15)11-8-4-7-16-9(8)2-5-12-11/h2,4-5,7H,3,6H2,1H3,(H,14,15). The van der Waals surface area contributed by atoms with Gasteiger partial charge in [0.15, 0.2) is 0 Å². The predicted octanol–water partition coefficient (Wildman–Crippen LogP) is 1.74. The minimum absolute atomic E-state index is 0.0897. The molecule has 0 atom stereocenters. The van der Waals surface area contributed by atoms with Gasteiger partial charge in [0.2, 0.25) is 0 Å². The van der Waals surface area contributed by atoms with Gasteiger partial charge in [0.1, 0.15) is 11.4 Å². The zero-order chi connectivity index (χ0) is 11.5. The first kappa shape index (κ1) is 10.5. The monoisotopic (exact) mass is 220 g/mol. The predicted molar refractivity (Wildman–Crippen MR) is 59.5 cm³/mol. The van der Waals surface area contributed by atoms with E-state index in [0.29, 0.717) is 6.54 Å². The molecule has 0 aliphatic carbocycles. The molecule has 2 aromatic rings. The highest BCUT2D eigenvalue weighted by atomic mass is 16.4. The van der Waals surface area contributed by atoms with Gasteiger partial charge >= 0.3 is 5.97 Å². The van der Waals surface area contributed by atoms with E-state index in [1.807, 2.05) is 18.0 Å². The fraction of sp³-hybridized carbons (Fsp3) is 0.273. The summed E-state index contributed by atoms with van der Waals surface area (Å²) in [4.78, 5) is 16.5. The van der Waals surface area contributed by atoms with Crippen LogP contribution in [0.1, 0.15) is 6.42 Å². The van der Waals surface area contributed by atoms with Crippen molar-refractivity contribution >= 4 is 22.8 Å². The van der Waals surface area contributed by atoms with Gasteiger partial charge in [-0.3, -0.25) is 4.79 Å². The van der Waals surface area contributed by atoms with E-state index in [2.05, 4.69) is 4.98 Å². The van der Waals surface area contributed by atoms with Gasteiger partial charge in [-0.15, -0.1) is 0 Å². The van der Waals surface area contributed by atoms with E-state index >= 15 is 0 Å². The van der Waals surface area contributed by atoms with Gasteiger partial charge in [0, 0.05) is 19.8 Å². The van der Waals surface area contributed by atoms with E-state index in [0.717, 1.165) is 16.8 Å². The number of fused-ring (bicyclic) bond motifs is 1. The maximum atomic E-state index is 10.5. The average molecular weight is 220 g/mol. The molecule has 0 aliphatic heterocycles. The molecule has 0 unspecified atom stereocenters. The number of aliphatic carboxylic acids is 1. The Morgan fingerprint density at radius 3 is 3.12 bits per heavy atom. The van der Waals surface area contributed by atoms with E-state index in [-0.39, 0.29) is 6.42 Å². The van der Waals surface area contributed by atoms with Crippen molar-refractivity contribution in [3.8, 4) is 0 Å². The van der Waals surface area contributed by atoms with Crippen LogP contribution >= 0.6 is 0 Å². The second kappa shape index (κ2) is 4.22. The summed E-state index contributed by atoms with van der Waals surface area (Å²) in [5, 5.41) is 9.52. The molecule has 2 heterocycles. The van der Waals surface area contributed by atoms with Crippen LogP contribution in [0, 0.1) is 0 Å². The van der Waals surface area contributed by atoms with Crippen LogP contribution in [0.15, 0.2) is 29.0 Å². The Hall–Kier alpha value is -2.04. The van der Waals surface area contributed by atoms with Gasteiger partial charge < -0.3 is 14.4 Å². The summed E-state index contributed by atoms with van der Waals surface area (Å²) in [7, 11) is 1.82. The fourth-order valence-electron chi connectivity index (χ4n) is 1.55. The van der Waals surface area contributed by atoms with E-state index in [1.54, 1.807) is 18.5 Å². The Balaban J connectivity index is 2.25. The summed E-state index contributed by atoms with van der Waals surface area (Å²) in [6.07, 6.45) is 3.34. The van der Waals surface area contributed by atoms with Crippen molar-refractivity contribution < 1.29 is 14.3 Å². The number of hydrogen-bond donors (Lipinski definition) is 1. The van der Waals surface area contributed by atoms with Crippen LogP contribution in [0.3, 0.4) is 0 Å². The molecule has 0 saturated heterocycles. The highest BCUT2D eigenvalue weighted by molar-refractivity contribution is 5.88. The molecule has 84 valence electrons. The van der Waals surface area contributed by atoms with Gasteiger partial charge in [-0.2, -0.15) is 0 Å². The third-order valence-electron chi connectivity index (χ3n) is 2.38. The summed E-state index contributed by atoms with van der Waals surface area (Å²) in [6.45, 7) is 0.423. The molecule has 5 nitrogen and oxygen atoms in total. The fourth-order valence-corrected chi connectivity index (χ4v) is 1.55. The van der Waals surface area contributed by atoms with Crippen LogP contribution < -0.4 is 4.90 Å². The smallest absolute Gasteiger partial charge is 0.305 e. The van der Waals surface area contributed by atoms with Gasteiger partial charge in [0.25, 0.3) is 0 Å². The zero-order valence-corrected chi connectivity index (χ0v) is 8.88. The first-order chi connectivity index (χ1) is 7.68. The summed E-state index contributed by atoms with van der Waals surface area (Å²) in [5.74, 6) is -0.0706. The minimum atomic E-state index is -0.814. The lowest BCUT2D eigenvalue weighted by atomic mass is 10.3. The van der Waals surface area contributed by atoms with Gasteiger partial charge in [-0.1, -0.05) is 0 Å². The van der Waals surface area contributed by atoms with E-state index < -0.39 is 5.97 Å². The maximum Gasteiger partial charge on any atom is 0.305 e. The lowest BCUT2D eigenvalue weighted by molar-refractivity contribution is -0.136. The molecule has 1 N–H and O–H groups in total. The number of nitrogens with zero attached hydrogens (tertiary/aromatic N) is 2. The first-order valence-electron chi connectivity index (χ1n) is 4.93. The summed E-state index contributed by atoms with van der Waals surface area (Å²) in [6, 6.07) is 3.61. The molecular weight excluding hydrogens is 208 g/mol. The molecule has 16 heavy (non-hydrogen) atoms. The number of pyridine rings is 1. The third kappa shape index (κ3) is 1.98. The third-order valence-corrected chi connectivity index (χ3v) is 2.38. The Bertz CT molecular complexity index is 507. The van der Waals surface area contributed by atoms with Crippen molar-refractivity contribution in [2.75, 3.05) is 18.5 Å². The molecule has 5 heteroatoms. The lowest BCUT2D eigenvalue weighted by Crippen LogP contribution is -2.22. The number of furan rings is 1. The first-order valence-corrected chi connectivity index (χ1v) is 4.93. The second-order valence-electron chi connectivity index (χ2n) is 3.53. The molecule has 2 aromatic heterocycles. The van der Waals surface area contributed by atoms with Crippen molar-refractivity contribution in [3.05, 3.63) is 24.6 Å². The van der Waals surface area contributed by atoms with Crippen molar-refractivity contribution in [3.63, 3.8) is 0 Å². The number of carbonyl (C=O) groups is 1. The number of aromatic nitrogens is 1. The van der Waals surface area contributed by atoms with Crippen LogP contribution in [0.25, 0.3) is 11.0 Å². The Morgan fingerprint density at radius 2 is 2.38 bits per heavy atom. The molecular formula is C11H12N2O3. The second-order valence-corrected chi connectivity index (χ2v) is 3.53. The molecule has 2 rings (SSSR count). The van der Waals surface area contributed by atoms with Gasteiger partial charge in [-0.25, -0.2) is 4.98 Å². The van der Waals surface area contributed by atoms with Crippen molar-refractivity contribution in [2.45, 2.75) is 6.42 Å². The molecule has 0 saturated carbocycles. The van der Waals surface area contributed by atoms with Crippen LogP contribution in [0.4, 0.5) is 5.82 Å². The van der Waals surface area contributed by atoms with Gasteiger partial charge in [-0.05, 0) is 12.1 Å². The zero-order valence-electron chi connectivity index (χ0n) is 8.88. The Kier molecular flexibility index (Phi) is 2.76. The molecule has 0 aromatic carbocycles. The number of carboxylic acid groups (broad SMARTS) is 1. The van der Waals surface area contributed by atoms with Crippen LogP contribution in [-0.2, 0) is 4.79 Å². The van der Waals surface area contributed by atoms with Crippen LogP contribution in [0.5, 0.6) is 0 Å². The van der Waals surface area contributed by atoms with Crippen LogP contribution in [0.2, 0.25) is 0 Å². The Labute approximate surface area is 92.3 Å². The van der Waals surface area contributed by atoms with Crippen LogP contribution in [-0.4, -0.2) is 29.7 Å². The molecule has 0 spiro atoms. The quantitative estimate of drug-likeness (QED) is 0.850. The molecule has 0 radical (unpaired) electrons. The molecule has 0 fully saturated rings. The maximum absolute atomic E-state index is 10.5. The minimum Gasteiger partial charge on any atom is -0.481 e. The number of hydrogen-bond acceptors (Lipinski definition) is 4. The van der Waals surface area contributed by atoms with E-state index in [9.17, 15) is 4.79 Å². The average Bonchev–Trinajstić information content (AvgIpc) is 2.73. The molecule has 0 aliphatic rings. The summed E-state index contributed by atoms with van der Waals surface area (Å²) < 4.78 is 5.25. The normalized spacial score (nSPS) is 10.6. The molecule has 0 amide bonds. The SMILES string of the molecule is CN(CCC(=O)O)c1nccc2occc12. The van der Waals surface area contributed by atoms with Crippen molar-refractivity contribution in [1.29, 1.82) is 0 Å². The lowest BCUT2D eigenvalue weighted by Gasteiger charge is -2.17. The van der Waals surface area contributed by atoms with E-state index in [4.69, 9.17) is 9.52 Å². The summed E-state index contributed by atoms with van der Waals surface area (Å²) >= 11 is 0. The van der Waals surface area contributed by atoms with Crippen molar-refractivity contribution in [1.82, 2.24) is 4.98 Å². The largest absolute Gasteiger partial charge is 0.481 e. The Morgan fingerprint density at radius 1 is 1.56 bits per heavy atom. The number of rotatable bonds is 4. The highest BCUT2D eigenvalue weighted by Crippen LogP contribution is 2.24. The van der Waals surface area contributed by atoms with E-state index in [1.165, 1.54) is 0 Å².